The van der Waals surface area contributed by atoms with Crippen molar-refractivity contribution in [1.82, 2.24) is 33.3 Å². The number of para-hydroxylation sites is 4. The van der Waals surface area contributed by atoms with Crippen LogP contribution in [0, 0.1) is 23.2 Å². The average molecular weight is 870 g/mol. The van der Waals surface area contributed by atoms with E-state index < -0.39 is 12.2 Å². The van der Waals surface area contributed by atoms with Crippen molar-refractivity contribution >= 4 is 68.5 Å². The van der Waals surface area contributed by atoms with Crippen molar-refractivity contribution < 1.29 is 14.9 Å². The Balaban J connectivity index is 0.000000192. The molecular weight excluding hydrogens is 832 g/mol. The smallest absolute Gasteiger partial charge is 0.203 e. The van der Waals surface area contributed by atoms with E-state index in [9.17, 15) is 10.2 Å². The number of aliphatic hydroxyl groups is 2. The number of nitrogens with zero attached hydrogens (tertiary/aromatic N) is 7. The summed E-state index contributed by atoms with van der Waals surface area (Å²) < 4.78 is 14.1. The number of aromatic nitrogens is 7. The molecule has 8 aromatic rings. The summed E-state index contributed by atoms with van der Waals surface area (Å²) in [6.07, 6.45) is 5.56. The number of methoxy groups -OCH3 is 1. The number of benzene rings is 5. The van der Waals surface area contributed by atoms with E-state index in [0.717, 1.165) is 33.5 Å². The van der Waals surface area contributed by atoms with E-state index in [1.165, 1.54) is 0 Å². The molecule has 0 saturated heterocycles. The molecule has 0 aliphatic carbocycles. The van der Waals surface area contributed by atoms with Gasteiger partial charge in [0.05, 0.1) is 99.5 Å². The van der Waals surface area contributed by atoms with Crippen LogP contribution >= 0.6 is 46.4 Å². The van der Waals surface area contributed by atoms with Gasteiger partial charge in [-0.05, 0) is 71.8 Å². The molecule has 0 aliphatic heterocycles. The van der Waals surface area contributed by atoms with Crippen molar-refractivity contribution in [3.8, 4) is 23.8 Å². The van der Waals surface area contributed by atoms with Gasteiger partial charge in [0.25, 0.3) is 0 Å². The minimum atomic E-state index is -0.868. The van der Waals surface area contributed by atoms with Crippen molar-refractivity contribution in [2.45, 2.75) is 38.4 Å². The lowest BCUT2D eigenvalue weighted by Gasteiger charge is -2.13. The molecule has 0 bridgehead atoms. The van der Waals surface area contributed by atoms with Gasteiger partial charge in [0.15, 0.2) is 0 Å². The molecule has 59 heavy (non-hydrogen) atoms. The largest absolute Gasteiger partial charge is 0.497 e. The SMILES string of the molecule is C#CCn1c(=N)n(CC(O)c2ccc(Cl)c(Cl)c2)c2ccccc21.COc1cccc(-n2cc(Cn3c(=N)n(CC(O)c4ccc(Cl)c(Cl)c4)c4ccccc43)nn2)c1. The van der Waals surface area contributed by atoms with E-state index >= 15 is 0 Å². The lowest BCUT2D eigenvalue weighted by molar-refractivity contribution is 0.155. The van der Waals surface area contributed by atoms with Gasteiger partial charge in [0.2, 0.25) is 11.2 Å². The molecule has 2 unspecified atom stereocenters. The van der Waals surface area contributed by atoms with E-state index in [2.05, 4.69) is 16.2 Å². The number of rotatable bonds is 11. The third-order valence-electron chi connectivity index (χ3n) is 9.75. The zero-order valence-corrected chi connectivity index (χ0v) is 34.5. The molecule has 12 nitrogen and oxygen atoms in total. The lowest BCUT2D eigenvalue weighted by Crippen LogP contribution is -2.27. The Hall–Kier alpha value is -5.78. The molecule has 0 amide bonds. The highest BCUT2D eigenvalue weighted by atomic mass is 35.5. The molecule has 16 heteroatoms. The number of halogens is 4. The van der Waals surface area contributed by atoms with Crippen LogP contribution in [0.5, 0.6) is 5.75 Å². The molecular formula is C43H37Cl4N9O3. The van der Waals surface area contributed by atoms with E-state index in [4.69, 9.17) is 68.4 Å². The zero-order chi connectivity index (χ0) is 41.8. The first kappa shape index (κ1) is 41.4. The molecule has 3 aromatic heterocycles. The first-order valence-electron chi connectivity index (χ1n) is 18.2. The number of hydrogen-bond acceptors (Lipinski definition) is 7. The highest BCUT2D eigenvalue weighted by Gasteiger charge is 2.18. The first-order valence-corrected chi connectivity index (χ1v) is 19.7. The zero-order valence-electron chi connectivity index (χ0n) is 31.5. The van der Waals surface area contributed by atoms with Gasteiger partial charge in [-0.2, -0.15) is 0 Å². The lowest BCUT2D eigenvalue weighted by atomic mass is 10.1. The van der Waals surface area contributed by atoms with Crippen LogP contribution in [0.15, 0.2) is 115 Å². The van der Waals surface area contributed by atoms with Gasteiger partial charge in [-0.1, -0.05) is 100 Å². The van der Waals surface area contributed by atoms with Crippen LogP contribution in [0.3, 0.4) is 0 Å². The minimum absolute atomic E-state index is 0.181. The summed E-state index contributed by atoms with van der Waals surface area (Å²) in [6, 6.07) is 32.9. The van der Waals surface area contributed by atoms with Gasteiger partial charge in [0.1, 0.15) is 11.4 Å². The summed E-state index contributed by atoms with van der Waals surface area (Å²) in [4.78, 5) is 0. The average Bonchev–Trinajstić information content (AvgIpc) is 3.90. The fourth-order valence-electron chi connectivity index (χ4n) is 6.78. The second-order valence-electron chi connectivity index (χ2n) is 13.5. The van der Waals surface area contributed by atoms with Gasteiger partial charge >= 0.3 is 0 Å². The Morgan fingerprint density at radius 1 is 0.661 bits per heavy atom. The van der Waals surface area contributed by atoms with E-state index in [1.807, 2.05) is 83.6 Å². The summed E-state index contributed by atoms with van der Waals surface area (Å²) in [6.45, 7) is 1.05. The van der Waals surface area contributed by atoms with Crippen LogP contribution in [0.2, 0.25) is 20.1 Å². The molecule has 0 spiro atoms. The molecule has 8 rings (SSSR count). The van der Waals surface area contributed by atoms with Crippen molar-refractivity contribution in [2.75, 3.05) is 7.11 Å². The number of imidazole rings is 2. The monoisotopic (exact) mass is 867 g/mol. The Kier molecular flexibility index (Phi) is 12.6. The van der Waals surface area contributed by atoms with E-state index in [1.54, 1.807) is 61.9 Å². The fourth-order valence-corrected chi connectivity index (χ4v) is 7.39. The number of hydrogen-bond donors (Lipinski definition) is 4. The van der Waals surface area contributed by atoms with E-state index in [0.29, 0.717) is 50.0 Å². The van der Waals surface area contributed by atoms with Crippen LogP contribution in [0.1, 0.15) is 29.0 Å². The maximum Gasteiger partial charge on any atom is 0.203 e. The molecule has 0 aliphatic rings. The number of nitrogens with one attached hydrogen (secondary N) is 2. The standard InChI is InChI=1S/C25H22Cl2N6O2.C18H15Cl2N3O/c1-35-19-6-4-5-18(12-19)33-14-17(29-30-33)13-31-22-7-2-3-8-23(22)32(25(31)28)15-24(34)16-9-10-20(26)21(27)11-16;1-2-9-22-15-5-3-4-6-16(15)23(18(22)21)11-17(24)12-7-8-13(19)14(20)10-12/h2-12,14,24,28,34H,13,15H2,1H3;1,3-8,10,17,21,24H,9,11H2. The fraction of sp³-hybridized carbons (Fsp3) is 0.163. The summed E-state index contributed by atoms with van der Waals surface area (Å²) in [7, 11) is 1.62. The summed E-state index contributed by atoms with van der Waals surface area (Å²) >= 11 is 24.1. The van der Waals surface area contributed by atoms with E-state index in [-0.39, 0.29) is 24.3 Å². The molecule has 300 valence electrons. The summed E-state index contributed by atoms with van der Waals surface area (Å²) in [5.41, 5.74) is 6.67. The molecule has 0 saturated carbocycles. The Morgan fingerprint density at radius 3 is 1.68 bits per heavy atom. The third kappa shape index (κ3) is 8.82. The van der Waals surface area contributed by atoms with Crippen molar-refractivity contribution in [2.24, 2.45) is 0 Å². The Bertz CT molecular complexity index is 2960. The van der Waals surface area contributed by atoms with Gasteiger partial charge in [-0.25, -0.2) is 4.68 Å². The van der Waals surface area contributed by atoms with Crippen molar-refractivity contribution in [1.29, 1.82) is 10.8 Å². The summed E-state index contributed by atoms with van der Waals surface area (Å²) in [5.74, 6) is 3.29. The molecule has 0 radical (unpaired) electrons. The normalized spacial score (nSPS) is 12.2. The second-order valence-corrected chi connectivity index (χ2v) is 15.1. The highest BCUT2D eigenvalue weighted by molar-refractivity contribution is 6.42. The van der Waals surface area contributed by atoms with Crippen LogP contribution < -0.4 is 16.0 Å². The molecule has 2 atom stereocenters. The Morgan fingerprint density at radius 2 is 1.17 bits per heavy atom. The van der Waals surface area contributed by atoms with Crippen molar-refractivity contribution in [3.63, 3.8) is 0 Å². The first-order chi connectivity index (χ1) is 28.5. The summed E-state index contributed by atoms with van der Waals surface area (Å²) in [5, 5.41) is 48.9. The number of ether oxygens (including phenoxy) is 1. The van der Waals surface area contributed by atoms with Gasteiger partial charge in [-0.3, -0.25) is 15.4 Å². The molecule has 5 aromatic carbocycles. The third-order valence-corrected chi connectivity index (χ3v) is 11.2. The maximum absolute atomic E-state index is 10.9. The van der Waals surface area contributed by atoms with Crippen LogP contribution in [0.4, 0.5) is 0 Å². The molecule has 0 fully saturated rings. The number of terminal acetylenes is 1. The maximum atomic E-state index is 10.9. The highest BCUT2D eigenvalue weighted by Crippen LogP contribution is 2.28. The van der Waals surface area contributed by atoms with Crippen molar-refractivity contribution in [3.05, 3.63) is 164 Å². The van der Waals surface area contributed by atoms with Gasteiger partial charge in [0, 0.05) is 6.07 Å². The van der Waals surface area contributed by atoms with Crippen LogP contribution in [-0.2, 0) is 26.2 Å². The van der Waals surface area contributed by atoms with Gasteiger partial charge in [-0.15, -0.1) is 11.5 Å². The predicted octanol–water partition coefficient (Wildman–Crippen LogP) is 8.20. The number of fused-ring (bicyclic) bond motifs is 2. The quantitative estimate of drug-likeness (QED) is 0.0969. The topological polar surface area (TPSA) is 148 Å². The Labute approximate surface area is 358 Å². The molecule has 4 N–H and O–H groups in total. The number of aliphatic hydroxyl groups excluding tert-OH is 2. The van der Waals surface area contributed by atoms with Gasteiger partial charge < -0.3 is 28.7 Å². The molecule has 3 heterocycles. The van der Waals surface area contributed by atoms with Crippen LogP contribution in [-0.4, -0.2) is 50.6 Å². The predicted molar refractivity (Wildman–Crippen MR) is 230 cm³/mol. The second kappa shape index (κ2) is 18.0. The van der Waals surface area contributed by atoms with Crippen LogP contribution in [0.25, 0.3) is 27.8 Å². The minimum Gasteiger partial charge on any atom is -0.497 e.